The number of allylic oxidation sites excluding steroid dienone is 21. The quantitative estimate of drug-likeness (QED) is 0.0234. The van der Waals surface area contributed by atoms with E-state index < -0.39 is 18.0 Å². The fourth-order valence-corrected chi connectivity index (χ4v) is 4.25. The lowest BCUT2D eigenvalue weighted by atomic mass is 10.2. The highest BCUT2D eigenvalue weighted by molar-refractivity contribution is 5.72. The molecule has 1 unspecified atom stereocenters. The van der Waals surface area contributed by atoms with Crippen LogP contribution in [0.25, 0.3) is 0 Å². The van der Waals surface area contributed by atoms with Crippen LogP contribution in [0.3, 0.4) is 0 Å². The molecule has 0 aliphatic rings. The zero-order chi connectivity index (χ0) is 38.0. The predicted molar refractivity (Wildman–Crippen MR) is 219 cm³/mol. The van der Waals surface area contributed by atoms with E-state index in [1.807, 2.05) is 66.8 Å². The fraction of sp³-hybridized carbons (Fsp3) is 0.457. The second kappa shape index (κ2) is 39.3. The third kappa shape index (κ3) is 36.8. The molecule has 0 spiro atoms. The van der Waals surface area contributed by atoms with Gasteiger partial charge in [0.2, 0.25) is 0 Å². The molecule has 0 radical (unpaired) electrons. The molecule has 0 aromatic carbocycles. The van der Waals surface area contributed by atoms with Crippen LogP contribution in [0.15, 0.2) is 134 Å². The molecule has 0 aromatic heterocycles. The summed E-state index contributed by atoms with van der Waals surface area (Å²) in [6.07, 6.45) is 54.8. The van der Waals surface area contributed by atoms with Crippen LogP contribution in [0.1, 0.15) is 117 Å². The Morgan fingerprint density at radius 1 is 0.423 bits per heavy atom. The number of ether oxygens (including phenoxy) is 3. The Balaban J connectivity index is 4.70. The van der Waals surface area contributed by atoms with E-state index in [-0.39, 0.29) is 38.4 Å². The van der Waals surface area contributed by atoms with Gasteiger partial charge >= 0.3 is 17.9 Å². The largest absolute Gasteiger partial charge is 0.462 e. The molecule has 6 heteroatoms. The number of rotatable bonds is 31. The van der Waals surface area contributed by atoms with Crippen molar-refractivity contribution in [3.8, 4) is 0 Å². The summed E-state index contributed by atoms with van der Waals surface area (Å²) in [6, 6.07) is 0. The van der Waals surface area contributed by atoms with Crippen molar-refractivity contribution in [2.24, 2.45) is 0 Å². The maximum Gasteiger partial charge on any atom is 0.309 e. The standard InChI is InChI=1S/C46H66O6/c1-4-7-10-13-16-19-21-23-25-27-30-33-36-39-45(48)51-42-43(41-50-44(47)38-35-32-29-26-18-15-12-9-6-3)52-46(49)40-37-34-31-28-24-22-20-17-14-11-8-5-2/h7-13,16-21,23-28,30,32,35,43H,4-6,14-15,22,29,31,33-34,36-42H2,1-3H3/b10-7-,11-8-,12-9-,16-13-,20-17-,21-19-,25-23-,26-18-,28-24-,30-27-,35-32-. The van der Waals surface area contributed by atoms with E-state index in [4.69, 9.17) is 14.2 Å². The molecule has 0 rings (SSSR count). The van der Waals surface area contributed by atoms with E-state index >= 15 is 0 Å². The van der Waals surface area contributed by atoms with E-state index in [1.165, 1.54) is 0 Å². The van der Waals surface area contributed by atoms with Gasteiger partial charge in [0.25, 0.3) is 0 Å². The molecule has 0 saturated carbocycles. The molecule has 0 N–H and O–H groups in total. The summed E-state index contributed by atoms with van der Waals surface area (Å²) in [5.74, 6) is -1.22. The van der Waals surface area contributed by atoms with Gasteiger partial charge in [0, 0.05) is 12.8 Å². The van der Waals surface area contributed by atoms with Crippen molar-refractivity contribution < 1.29 is 28.6 Å². The Labute approximate surface area is 315 Å². The average molecular weight is 715 g/mol. The number of carbonyl (C=O) groups excluding carboxylic acids is 3. The highest BCUT2D eigenvalue weighted by Crippen LogP contribution is 2.08. The molecule has 0 fully saturated rings. The van der Waals surface area contributed by atoms with Gasteiger partial charge in [0.15, 0.2) is 6.10 Å². The first-order chi connectivity index (χ1) is 25.5. The summed E-state index contributed by atoms with van der Waals surface area (Å²) in [4.78, 5) is 37.4. The van der Waals surface area contributed by atoms with Gasteiger partial charge in [-0.15, -0.1) is 0 Å². The molecule has 0 aliphatic carbocycles. The number of carbonyl (C=O) groups is 3. The first kappa shape index (κ1) is 47.5. The molecule has 6 nitrogen and oxygen atoms in total. The van der Waals surface area contributed by atoms with Crippen LogP contribution in [-0.4, -0.2) is 37.2 Å². The average Bonchev–Trinajstić information content (AvgIpc) is 3.14. The summed E-state index contributed by atoms with van der Waals surface area (Å²) >= 11 is 0. The van der Waals surface area contributed by atoms with Crippen LogP contribution < -0.4 is 0 Å². The van der Waals surface area contributed by atoms with Crippen LogP contribution in [0, 0.1) is 0 Å². The molecule has 0 aromatic rings. The monoisotopic (exact) mass is 714 g/mol. The van der Waals surface area contributed by atoms with Gasteiger partial charge in [0.1, 0.15) is 13.2 Å². The Bertz CT molecular complexity index is 1240. The maximum absolute atomic E-state index is 12.6. The van der Waals surface area contributed by atoms with Crippen LogP contribution >= 0.6 is 0 Å². The second-order valence-corrected chi connectivity index (χ2v) is 11.8. The number of hydrogen-bond acceptors (Lipinski definition) is 6. The molecule has 1 atom stereocenters. The Kier molecular flexibility index (Phi) is 36.0. The molecule has 0 saturated heterocycles. The molecular formula is C46H66O6. The van der Waals surface area contributed by atoms with Gasteiger partial charge in [-0.25, -0.2) is 0 Å². The van der Waals surface area contributed by atoms with Gasteiger partial charge in [-0.2, -0.15) is 0 Å². The van der Waals surface area contributed by atoms with Gasteiger partial charge < -0.3 is 14.2 Å². The minimum atomic E-state index is -0.863. The van der Waals surface area contributed by atoms with Gasteiger partial charge in [0.05, 0.1) is 6.42 Å². The number of hydrogen-bond donors (Lipinski definition) is 0. The Morgan fingerprint density at radius 3 is 1.44 bits per heavy atom. The minimum Gasteiger partial charge on any atom is -0.462 e. The highest BCUT2D eigenvalue weighted by Gasteiger charge is 2.19. The summed E-state index contributed by atoms with van der Waals surface area (Å²) in [6.45, 7) is 5.99. The van der Waals surface area contributed by atoms with Gasteiger partial charge in [-0.3, -0.25) is 14.4 Å². The van der Waals surface area contributed by atoms with Crippen molar-refractivity contribution >= 4 is 17.9 Å². The van der Waals surface area contributed by atoms with E-state index in [0.29, 0.717) is 12.8 Å². The van der Waals surface area contributed by atoms with Crippen LogP contribution in [0.4, 0.5) is 0 Å². The van der Waals surface area contributed by atoms with Gasteiger partial charge in [-0.05, 0) is 77.0 Å². The van der Waals surface area contributed by atoms with Crippen LogP contribution in [-0.2, 0) is 28.6 Å². The summed E-state index contributed by atoms with van der Waals surface area (Å²) < 4.78 is 16.4. The van der Waals surface area contributed by atoms with E-state index in [1.54, 1.807) is 6.08 Å². The van der Waals surface area contributed by atoms with E-state index in [9.17, 15) is 14.4 Å². The lowest BCUT2D eigenvalue weighted by Crippen LogP contribution is -2.30. The Hall–Kier alpha value is -4.45. The fourth-order valence-electron chi connectivity index (χ4n) is 4.25. The molecule has 52 heavy (non-hydrogen) atoms. The molecule has 0 aliphatic heterocycles. The molecular weight excluding hydrogens is 648 g/mol. The van der Waals surface area contributed by atoms with Crippen molar-refractivity contribution in [3.05, 3.63) is 134 Å². The summed E-state index contributed by atoms with van der Waals surface area (Å²) in [7, 11) is 0. The topological polar surface area (TPSA) is 78.9 Å². The first-order valence-corrected chi connectivity index (χ1v) is 19.3. The lowest BCUT2D eigenvalue weighted by Gasteiger charge is -2.18. The van der Waals surface area contributed by atoms with Gasteiger partial charge in [-0.1, -0.05) is 154 Å². The third-order valence-electron chi connectivity index (χ3n) is 7.04. The normalized spacial score (nSPS) is 13.5. The smallest absolute Gasteiger partial charge is 0.309 e. The zero-order valence-electron chi connectivity index (χ0n) is 32.2. The minimum absolute atomic E-state index is 0.107. The predicted octanol–water partition coefficient (Wildman–Crippen LogP) is 12.0. The van der Waals surface area contributed by atoms with E-state index in [0.717, 1.165) is 64.2 Å². The van der Waals surface area contributed by atoms with Crippen molar-refractivity contribution in [1.29, 1.82) is 0 Å². The second-order valence-electron chi connectivity index (χ2n) is 11.8. The molecule has 286 valence electrons. The first-order valence-electron chi connectivity index (χ1n) is 19.3. The maximum atomic E-state index is 12.6. The van der Waals surface area contributed by atoms with Crippen molar-refractivity contribution in [2.45, 2.75) is 123 Å². The van der Waals surface area contributed by atoms with E-state index in [2.05, 4.69) is 81.5 Å². The van der Waals surface area contributed by atoms with Crippen LogP contribution in [0.2, 0.25) is 0 Å². The zero-order valence-corrected chi connectivity index (χ0v) is 32.2. The summed E-state index contributed by atoms with van der Waals surface area (Å²) in [5, 5.41) is 0. The van der Waals surface area contributed by atoms with Crippen molar-refractivity contribution in [3.63, 3.8) is 0 Å². The van der Waals surface area contributed by atoms with Crippen LogP contribution in [0.5, 0.6) is 0 Å². The highest BCUT2D eigenvalue weighted by atomic mass is 16.6. The molecule has 0 amide bonds. The summed E-state index contributed by atoms with van der Waals surface area (Å²) in [5.41, 5.74) is 0. The third-order valence-corrected chi connectivity index (χ3v) is 7.04. The van der Waals surface area contributed by atoms with Crippen molar-refractivity contribution in [1.82, 2.24) is 0 Å². The SMILES string of the molecule is CC\C=C/C=C\C=C/C=C\C=C/CCCC(=O)OCC(COC(=O)C/C=C\C/C=C\C/C=C\CC)OC(=O)CCCC/C=C\C/C=C\C/C=C\CC. The lowest BCUT2D eigenvalue weighted by molar-refractivity contribution is -0.166. The molecule has 0 bridgehead atoms. The Morgan fingerprint density at radius 2 is 0.865 bits per heavy atom. The van der Waals surface area contributed by atoms with Crippen molar-refractivity contribution in [2.75, 3.05) is 13.2 Å². The number of esters is 3. The molecule has 0 heterocycles. The number of unbranched alkanes of at least 4 members (excludes halogenated alkanes) is 3.